The van der Waals surface area contributed by atoms with Crippen LogP contribution in [0.2, 0.25) is 5.02 Å². The quantitative estimate of drug-likeness (QED) is 0.572. The third kappa shape index (κ3) is 2.26. The van der Waals surface area contributed by atoms with E-state index in [4.69, 9.17) is 11.6 Å². The van der Waals surface area contributed by atoms with Crippen LogP contribution < -0.4 is 21.2 Å². The third-order valence-corrected chi connectivity index (χ3v) is 7.09. The molecule has 0 amide bonds. The first-order valence-corrected chi connectivity index (χ1v) is 9.05. The van der Waals surface area contributed by atoms with Crippen LogP contribution in [0.3, 0.4) is 0 Å². The molecule has 0 N–H and O–H groups in total. The van der Waals surface area contributed by atoms with Crippen molar-refractivity contribution < 1.29 is 21.2 Å². The molecular formula is C14H13ClIN2-. The van der Waals surface area contributed by atoms with Crippen molar-refractivity contribution in [2.75, 3.05) is 4.43 Å². The number of alkyl halides is 2. The van der Waals surface area contributed by atoms with Gasteiger partial charge in [-0.3, -0.25) is 0 Å². The standard InChI is InChI=1S/C14H13ClIN2/c1-9-7-17-8-18-14(9)10-2-3-11(12(15)6-10)13-4-5-16-13/h2-3,6-8,13H,4-5H2,1H3/q-1. The minimum atomic E-state index is 0.348. The van der Waals surface area contributed by atoms with Gasteiger partial charge in [0.05, 0.1) is 0 Å². The summed E-state index contributed by atoms with van der Waals surface area (Å²) in [7, 11) is 0. The molecule has 0 bridgehead atoms. The van der Waals surface area contributed by atoms with Gasteiger partial charge in [0.15, 0.2) is 0 Å². The molecule has 1 fully saturated rings. The Kier molecular flexibility index (Phi) is 3.52. The Morgan fingerprint density at radius 3 is 2.83 bits per heavy atom. The van der Waals surface area contributed by atoms with Crippen LogP contribution in [-0.4, -0.2) is 14.4 Å². The maximum atomic E-state index is 6.41. The second-order valence-electron chi connectivity index (χ2n) is 4.39. The van der Waals surface area contributed by atoms with Crippen molar-refractivity contribution in [3.63, 3.8) is 0 Å². The number of hydrogen-bond acceptors (Lipinski definition) is 2. The van der Waals surface area contributed by atoms with Gasteiger partial charge in [-0.05, 0) is 0 Å². The van der Waals surface area contributed by atoms with E-state index in [1.165, 1.54) is 16.4 Å². The van der Waals surface area contributed by atoms with Crippen LogP contribution in [0, 0.1) is 6.92 Å². The van der Waals surface area contributed by atoms with Gasteiger partial charge in [0.2, 0.25) is 0 Å². The summed E-state index contributed by atoms with van der Waals surface area (Å²) in [5, 5.41) is 0.898. The molecule has 1 aromatic heterocycles. The van der Waals surface area contributed by atoms with Gasteiger partial charge in [-0.2, -0.15) is 0 Å². The molecule has 18 heavy (non-hydrogen) atoms. The molecule has 94 valence electrons. The van der Waals surface area contributed by atoms with Crippen LogP contribution in [0.5, 0.6) is 0 Å². The van der Waals surface area contributed by atoms with Gasteiger partial charge in [0, 0.05) is 0 Å². The van der Waals surface area contributed by atoms with Gasteiger partial charge >= 0.3 is 123 Å². The number of halogens is 2. The van der Waals surface area contributed by atoms with Gasteiger partial charge in [-0.15, -0.1) is 0 Å². The summed E-state index contributed by atoms with van der Waals surface area (Å²) in [5.74, 6) is 0. The van der Waals surface area contributed by atoms with Gasteiger partial charge < -0.3 is 0 Å². The molecule has 1 unspecified atom stereocenters. The number of benzene rings is 1. The van der Waals surface area contributed by atoms with Crippen molar-refractivity contribution in [1.29, 1.82) is 0 Å². The topological polar surface area (TPSA) is 25.8 Å². The number of nitrogens with zero attached hydrogens (tertiary/aromatic N) is 2. The van der Waals surface area contributed by atoms with Crippen LogP contribution >= 0.6 is 11.6 Å². The summed E-state index contributed by atoms with van der Waals surface area (Å²) in [6.07, 6.45) is 4.74. The van der Waals surface area contributed by atoms with Gasteiger partial charge in [-0.25, -0.2) is 0 Å². The molecule has 1 aliphatic heterocycles. The Morgan fingerprint density at radius 1 is 1.39 bits per heavy atom. The summed E-state index contributed by atoms with van der Waals surface area (Å²) in [5.41, 5.74) is 4.48. The fourth-order valence-electron chi connectivity index (χ4n) is 2.09. The van der Waals surface area contributed by atoms with Crippen molar-refractivity contribution >= 4 is 11.6 Å². The second-order valence-corrected chi connectivity index (χ2v) is 8.26. The van der Waals surface area contributed by atoms with Crippen LogP contribution in [0.1, 0.15) is 21.5 Å². The van der Waals surface area contributed by atoms with Gasteiger partial charge in [0.25, 0.3) is 0 Å². The molecule has 2 nitrogen and oxygen atoms in total. The van der Waals surface area contributed by atoms with Crippen LogP contribution in [-0.2, 0) is 0 Å². The molecular weight excluding hydrogens is 359 g/mol. The van der Waals surface area contributed by atoms with Crippen molar-refractivity contribution in [3.05, 3.63) is 46.9 Å². The van der Waals surface area contributed by atoms with Crippen molar-refractivity contribution in [2.45, 2.75) is 17.3 Å². The van der Waals surface area contributed by atoms with E-state index < -0.39 is 0 Å². The fraction of sp³-hybridized carbons (Fsp3) is 0.286. The van der Waals surface area contributed by atoms with Crippen molar-refractivity contribution in [1.82, 2.24) is 9.97 Å². The SMILES string of the molecule is Cc1cncnc1-c1ccc(C2CC[I-]2)c(Cl)c1. The maximum absolute atomic E-state index is 6.41. The first kappa shape index (κ1) is 12.4. The predicted octanol–water partition coefficient (Wildman–Crippen LogP) is 0.639. The molecule has 0 saturated carbocycles. The summed E-state index contributed by atoms with van der Waals surface area (Å²) < 4.78 is 2.21. The molecule has 3 rings (SSSR count). The monoisotopic (exact) mass is 371 g/mol. The zero-order valence-electron chi connectivity index (χ0n) is 10.0. The van der Waals surface area contributed by atoms with E-state index in [2.05, 4.69) is 22.1 Å². The van der Waals surface area contributed by atoms with Gasteiger partial charge in [0.1, 0.15) is 0 Å². The Bertz CT molecular complexity index is 582. The zero-order chi connectivity index (χ0) is 12.5. The first-order chi connectivity index (χ1) is 8.75. The molecule has 1 atom stereocenters. The van der Waals surface area contributed by atoms with E-state index in [0.29, 0.717) is 21.2 Å². The number of rotatable bonds is 2. The van der Waals surface area contributed by atoms with Crippen molar-refractivity contribution in [3.8, 4) is 11.3 Å². The van der Waals surface area contributed by atoms with Crippen LogP contribution in [0.4, 0.5) is 0 Å². The predicted molar refractivity (Wildman–Crippen MR) is 69.4 cm³/mol. The van der Waals surface area contributed by atoms with E-state index in [1.54, 1.807) is 6.33 Å². The third-order valence-electron chi connectivity index (χ3n) is 3.16. The van der Waals surface area contributed by atoms with E-state index in [1.807, 2.05) is 19.2 Å². The molecule has 0 spiro atoms. The summed E-state index contributed by atoms with van der Waals surface area (Å²) in [6.45, 7) is 2.02. The average molecular weight is 372 g/mol. The Balaban J connectivity index is 1.99. The second kappa shape index (κ2) is 5.13. The van der Waals surface area contributed by atoms with E-state index in [0.717, 1.165) is 25.8 Å². The first-order valence-electron chi connectivity index (χ1n) is 5.90. The molecule has 4 heteroatoms. The van der Waals surface area contributed by atoms with E-state index in [-0.39, 0.29) is 0 Å². The summed E-state index contributed by atoms with van der Waals surface area (Å²) in [4.78, 5) is 8.36. The number of aryl methyl sites for hydroxylation is 1. The van der Waals surface area contributed by atoms with E-state index >= 15 is 0 Å². The molecule has 0 radical (unpaired) electrons. The molecule has 0 aliphatic carbocycles. The van der Waals surface area contributed by atoms with Crippen molar-refractivity contribution in [2.24, 2.45) is 0 Å². The van der Waals surface area contributed by atoms with Crippen LogP contribution in [0.25, 0.3) is 11.3 Å². The number of hydrogen-bond donors (Lipinski definition) is 0. The van der Waals surface area contributed by atoms with E-state index in [9.17, 15) is 0 Å². The zero-order valence-corrected chi connectivity index (χ0v) is 12.9. The Labute approximate surface area is 122 Å². The summed E-state index contributed by atoms with van der Waals surface area (Å²) in [6, 6.07) is 6.37. The van der Waals surface area contributed by atoms with Gasteiger partial charge in [-0.1, -0.05) is 0 Å². The number of aromatic nitrogens is 2. The molecule has 1 aliphatic rings. The Morgan fingerprint density at radius 2 is 2.22 bits per heavy atom. The molecule has 2 aromatic rings. The average Bonchev–Trinajstić information content (AvgIpc) is 2.30. The Hall–Kier alpha value is -0.680. The fourth-order valence-corrected chi connectivity index (χ4v) is 4.85. The minimum absolute atomic E-state index is 0.348. The molecule has 1 saturated heterocycles. The molecule has 1 aromatic carbocycles. The normalized spacial score (nSPS) is 18.9. The molecule has 2 heterocycles. The van der Waals surface area contributed by atoms with Crippen LogP contribution in [0.15, 0.2) is 30.7 Å². The summed E-state index contributed by atoms with van der Waals surface area (Å²) >= 11 is 6.76.